The number of hydrogen-bond acceptors (Lipinski definition) is 1. The molecule has 1 atom stereocenters. The van der Waals surface area contributed by atoms with Crippen molar-refractivity contribution in [2.75, 3.05) is 5.32 Å². The van der Waals surface area contributed by atoms with Crippen LogP contribution in [0.3, 0.4) is 0 Å². The molecule has 15 heavy (non-hydrogen) atoms. The van der Waals surface area contributed by atoms with Crippen molar-refractivity contribution < 1.29 is 0 Å². The van der Waals surface area contributed by atoms with E-state index in [9.17, 15) is 0 Å². The molecular formula is C13H23NSi. The van der Waals surface area contributed by atoms with Gasteiger partial charge < -0.3 is 5.32 Å². The van der Waals surface area contributed by atoms with Gasteiger partial charge >= 0.3 is 0 Å². The first-order chi connectivity index (χ1) is 6.87. The zero-order valence-electron chi connectivity index (χ0n) is 10.6. The van der Waals surface area contributed by atoms with Gasteiger partial charge in [-0.05, 0) is 32.0 Å². The van der Waals surface area contributed by atoms with E-state index in [1.165, 1.54) is 17.3 Å². The molecule has 1 N–H and O–H groups in total. The first-order valence-corrected chi connectivity index (χ1v) is 9.41. The van der Waals surface area contributed by atoms with Gasteiger partial charge in [-0.3, -0.25) is 0 Å². The third kappa shape index (κ3) is 5.03. The Morgan fingerprint density at radius 2 is 1.67 bits per heavy atom. The van der Waals surface area contributed by atoms with Gasteiger partial charge in [0.2, 0.25) is 0 Å². The molecule has 0 fully saturated rings. The normalized spacial score (nSPS) is 13.7. The van der Waals surface area contributed by atoms with Crippen LogP contribution in [0, 0.1) is 6.92 Å². The van der Waals surface area contributed by atoms with Gasteiger partial charge in [-0.15, -0.1) is 0 Å². The first kappa shape index (κ1) is 12.3. The van der Waals surface area contributed by atoms with Gasteiger partial charge in [-0.2, -0.15) is 0 Å². The highest BCUT2D eigenvalue weighted by Crippen LogP contribution is 2.16. The fourth-order valence-electron chi connectivity index (χ4n) is 1.90. The SMILES string of the molecule is Cc1ccc(NC(C)C[Si](C)(C)C)cc1. The molecule has 0 heterocycles. The molecule has 0 amide bonds. The minimum Gasteiger partial charge on any atom is -0.383 e. The monoisotopic (exact) mass is 221 g/mol. The van der Waals surface area contributed by atoms with E-state index in [0.717, 1.165) is 0 Å². The number of anilines is 1. The van der Waals surface area contributed by atoms with Crippen LogP contribution in [0.25, 0.3) is 0 Å². The van der Waals surface area contributed by atoms with Crippen molar-refractivity contribution in [2.24, 2.45) is 0 Å². The molecule has 84 valence electrons. The summed E-state index contributed by atoms with van der Waals surface area (Å²) >= 11 is 0. The largest absolute Gasteiger partial charge is 0.383 e. The maximum Gasteiger partial charge on any atom is 0.0462 e. The van der Waals surface area contributed by atoms with Crippen LogP contribution in [0.4, 0.5) is 5.69 Å². The Hall–Kier alpha value is -0.763. The lowest BCUT2D eigenvalue weighted by Crippen LogP contribution is -2.29. The van der Waals surface area contributed by atoms with Crippen LogP contribution in [0.2, 0.25) is 25.7 Å². The summed E-state index contributed by atoms with van der Waals surface area (Å²) in [4.78, 5) is 0. The van der Waals surface area contributed by atoms with E-state index in [0.29, 0.717) is 6.04 Å². The average Bonchev–Trinajstić information content (AvgIpc) is 2.05. The molecule has 0 bridgehead atoms. The Morgan fingerprint density at radius 1 is 1.13 bits per heavy atom. The Bertz CT molecular complexity index is 297. The zero-order chi connectivity index (χ0) is 11.5. The van der Waals surface area contributed by atoms with Crippen molar-refractivity contribution in [2.45, 2.75) is 45.6 Å². The maximum absolute atomic E-state index is 3.56. The molecule has 1 aromatic carbocycles. The average molecular weight is 221 g/mol. The molecule has 2 heteroatoms. The Balaban J connectivity index is 2.51. The van der Waals surface area contributed by atoms with Crippen molar-refractivity contribution in [3.8, 4) is 0 Å². The van der Waals surface area contributed by atoms with E-state index in [1.54, 1.807) is 0 Å². The van der Waals surface area contributed by atoms with Gasteiger partial charge in [-0.1, -0.05) is 37.3 Å². The number of rotatable bonds is 4. The molecule has 0 aromatic heterocycles. The lowest BCUT2D eigenvalue weighted by molar-refractivity contribution is 0.877. The van der Waals surface area contributed by atoms with Crippen molar-refractivity contribution in [1.29, 1.82) is 0 Å². The van der Waals surface area contributed by atoms with E-state index in [4.69, 9.17) is 0 Å². The van der Waals surface area contributed by atoms with E-state index in [2.05, 4.69) is 63.1 Å². The third-order valence-corrected chi connectivity index (χ3v) is 4.22. The summed E-state index contributed by atoms with van der Waals surface area (Å²) in [6.07, 6.45) is 0. The highest BCUT2D eigenvalue weighted by Gasteiger charge is 2.16. The number of benzene rings is 1. The predicted octanol–water partition coefficient (Wildman–Crippen LogP) is 4.13. The fraction of sp³-hybridized carbons (Fsp3) is 0.538. The van der Waals surface area contributed by atoms with Crippen LogP contribution >= 0.6 is 0 Å². The smallest absolute Gasteiger partial charge is 0.0462 e. The molecule has 0 saturated heterocycles. The van der Waals surface area contributed by atoms with Gasteiger partial charge in [0, 0.05) is 19.8 Å². The molecule has 0 radical (unpaired) electrons. The minimum atomic E-state index is -0.948. The van der Waals surface area contributed by atoms with Crippen molar-refractivity contribution >= 4 is 13.8 Å². The van der Waals surface area contributed by atoms with E-state index >= 15 is 0 Å². The fourth-order valence-corrected chi connectivity index (χ4v) is 3.84. The molecule has 0 saturated carbocycles. The Kier molecular flexibility index (Phi) is 3.97. The summed E-state index contributed by atoms with van der Waals surface area (Å²) in [5.74, 6) is 0. The summed E-state index contributed by atoms with van der Waals surface area (Å²) in [6, 6.07) is 10.5. The van der Waals surface area contributed by atoms with Crippen LogP contribution in [0.15, 0.2) is 24.3 Å². The Labute approximate surface area is 94.9 Å². The second-order valence-electron chi connectivity index (χ2n) is 5.68. The number of nitrogens with one attached hydrogen (secondary N) is 1. The van der Waals surface area contributed by atoms with E-state index in [1.807, 2.05) is 0 Å². The van der Waals surface area contributed by atoms with Crippen molar-refractivity contribution in [3.63, 3.8) is 0 Å². The molecule has 1 aromatic rings. The standard InChI is InChI=1S/C13H23NSi/c1-11-6-8-13(9-7-11)14-12(2)10-15(3,4)5/h6-9,12,14H,10H2,1-5H3. The van der Waals surface area contributed by atoms with E-state index in [-0.39, 0.29) is 0 Å². The Morgan fingerprint density at radius 3 is 2.13 bits per heavy atom. The maximum atomic E-state index is 3.56. The van der Waals surface area contributed by atoms with Gasteiger partial charge in [0.1, 0.15) is 0 Å². The lowest BCUT2D eigenvalue weighted by atomic mass is 10.2. The highest BCUT2D eigenvalue weighted by molar-refractivity contribution is 6.76. The quantitative estimate of drug-likeness (QED) is 0.754. The second-order valence-corrected chi connectivity index (χ2v) is 11.2. The predicted molar refractivity (Wildman–Crippen MR) is 72.4 cm³/mol. The van der Waals surface area contributed by atoms with Crippen molar-refractivity contribution in [1.82, 2.24) is 0 Å². The van der Waals surface area contributed by atoms with Crippen molar-refractivity contribution in [3.05, 3.63) is 29.8 Å². The van der Waals surface area contributed by atoms with Crippen LogP contribution < -0.4 is 5.32 Å². The highest BCUT2D eigenvalue weighted by atomic mass is 28.3. The molecule has 1 rings (SSSR count). The number of aryl methyl sites for hydroxylation is 1. The molecule has 1 nitrogen and oxygen atoms in total. The topological polar surface area (TPSA) is 12.0 Å². The molecular weight excluding hydrogens is 198 g/mol. The summed E-state index contributed by atoms with van der Waals surface area (Å²) in [5.41, 5.74) is 2.56. The van der Waals surface area contributed by atoms with Gasteiger partial charge in [-0.25, -0.2) is 0 Å². The summed E-state index contributed by atoms with van der Waals surface area (Å²) in [7, 11) is -0.948. The minimum absolute atomic E-state index is 0.583. The number of hydrogen-bond donors (Lipinski definition) is 1. The molecule has 1 unspecified atom stereocenters. The van der Waals surface area contributed by atoms with Gasteiger partial charge in [0.15, 0.2) is 0 Å². The van der Waals surface area contributed by atoms with Gasteiger partial charge in [0.25, 0.3) is 0 Å². The lowest BCUT2D eigenvalue weighted by Gasteiger charge is -2.23. The van der Waals surface area contributed by atoms with Crippen LogP contribution in [-0.2, 0) is 0 Å². The second kappa shape index (κ2) is 4.84. The molecule has 0 aliphatic carbocycles. The molecule has 0 aliphatic heterocycles. The summed E-state index contributed by atoms with van der Waals surface area (Å²) in [6.45, 7) is 11.6. The van der Waals surface area contributed by atoms with Crippen LogP contribution in [0.1, 0.15) is 12.5 Å². The summed E-state index contributed by atoms with van der Waals surface area (Å²) in [5, 5.41) is 3.56. The van der Waals surface area contributed by atoms with E-state index < -0.39 is 8.07 Å². The molecule has 0 aliphatic rings. The van der Waals surface area contributed by atoms with Crippen LogP contribution in [-0.4, -0.2) is 14.1 Å². The summed E-state index contributed by atoms with van der Waals surface area (Å²) < 4.78 is 0. The molecule has 0 spiro atoms. The third-order valence-electron chi connectivity index (χ3n) is 2.38. The van der Waals surface area contributed by atoms with Crippen LogP contribution in [0.5, 0.6) is 0 Å². The first-order valence-electron chi connectivity index (χ1n) is 5.70. The zero-order valence-corrected chi connectivity index (χ0v) is 11.6. The van der Waals surface area contributed by atoms with Gasteiger partial charge in [0.05, 0.1) is 0 Å².